The Morgan fingerprint density at radius 3 is 2.37 bits per heavy atom. The standard InChI is InChI=1S/C23H22N4O3/c1-16-5-3-4-6-21(16)25-22(28)15-30-20-9-7-18(8-10-20)17(2)26-27-23(29)19-11-13-24-14-12-19/h3-14H,15H2,1-2H3,(H,25,28)(H,27,29)/b26-17-. The van der Waals surface area contributed by atoms with E-state index in [0.717, 1.165) is 16.8 Å². The van der Waals surface area contributed by atoms with Crippen molar-refractivity contribution in [3.05, 3.63) is 89.7 Å². The minimum Gasteiger partial charge on any atom is -0.484 e. The maximum Gasteiger partial charge on any atom is 0.271 e. The molecule has 0 spiro atoms. The van der Waals surface area contributed by atoms with Gasteiger partial charge in [-0.1, -0.05) is 18.2 Å². The predicted molar refractivity (Wildman–Crippen MR) is 116 cm³/mol. The van der Waals surface area contributed by atoms with E-state index in [-0.39, 0.29) is 18.4 Å². The molecule has 0 radical (unpaired) electrons. The van der Waals surface area contributed by atoms with Crippen molar-refractivity contribution in [3.63, 3.8) is 0 Å². The summed E-state index contributed by atoms with van der Waals surface area (Å²) in [5.41, 5.74) is 6.21. The normalized spacial score (nSPS) is 10.9. The van der Waals surface area contributed by atoms with Crippen LogP contribution in [0.25, 0.3) is 0 Å². The summed E-state index contributed by atoms with van der Waals surface area (Å²) in [6.07, 6.45) is 3.09. The van der Waals surface area contributed by atoms with Crippen molar-refractivity contribution in [2.45, 2.75) is 13.8 Å². The Labute approximate surface area is 174 Å². The van der Waals surface area contributed by atoms with Gasteiger partial charge in [-0.2, -0.15) is 5.10 Å². The van der Waals surface area contributed by atoms with E-state index in [4.69, 9.17) is 4.74 Å². The highest BCUT2D eigenvalue weighted by Gasteiger charge is 2.07. The number of nitrogens with one attached hydrogen (secondary N) is 2. The molecule has 0 aliphatic carbocycles. The number of carbonyl (C=O) groups is 2. The summed E-state index contributed by atoms with van der Waals surface area (Å²) in [6, 6.07) is 17.9. The fourth-order valence-corrected chi connectivity index (χ4v) is 2.61. The second kappa shape index (κ2) is 9.97. The van der Waals surface area contributed by atoms with E-state index in [2.05, 4.69) is 20.8 Å². The molecule has 2 aromatic carbocycles. The lowest BCUT2D eigenvalue weighted by Crippen LogP contribution is -2.20. The number of hydrogen-bond donors (Lipinski definition) is 2. The van der Waals surface area contributed by atoms with E-state index in [9.17, 15) is 9.59 Å². The van der Waals surface area contributed by atoms with Gasteiger partial charge in [0, 0.05) is 23.6 Å². The number of aryl methyl sites for hydroxylation is 1. The maximum absolute atomic E-state index is 12.1. The van der Waals surface area contributed by atoms with Crippen LogP contribution in [0.15, 0.2) is 78.2 Å². The number of rotatable bonds is 7. The number of carbonyl (C=O) groups excluding carboxylic acids is 2. The molecule has 0 aliphatic heterocycles. The number of para-hydroxylation sites is 1. The lowest BCUT2D eigenvalue weighted by Gasteiger charge is -2.10. The predicted octanol–water partition coefficient (Wildman–Crippen LogP) is 3.56. The molecule has 0 aliphatic rings. The monoisotopic (exact) mass is 402 g/mol. The molecular formula is C23H22N4O3. The number of ether oxygens (including phenoxy) is 1. The van der Waals surface area contributed by atoms with Crippen LogP contribution in [0.5, 0.6) is 5.75 Å². The highest BCUT2D eigenvalue weighted by atomic mass is 16.5. The van der Waals surface area contributed by atoms with E-state index in [1.165, 1.54) is 0 Å². The van der Waals surface area contributed by atoms with Gasteiger partial charge < -0.3 is 10.1 Å². The Hall–Kier alpha value is -4.00. The number of nitrogens with zero attached hydrogens (tertiary/aromatic N) is 2. The molecule has 30 heavy (non-hydrogen) atoms. The molecule has 2 amide bonds. The first-order valence-electron chi connectivity index (χ1n) is 9.36. The van der Waals surface area contributed by atoms with Gasteiger partial charge >= 0.3 is 0 Å². The van der Waals surface area contributed by atoms with Crippen molar-refractivity contribution < 1.29 is 14.3 Å². The summed E-state index contributed by atoms with van der Waals surface area (Å²) in [5, 5.41) is 6.95. The van der Waals surface area contributed by atoms with Crippen molar-refractivity contribution in [2.75, 3.05) is 11.9 Å². The molecule has 7 nitrogen and oxygen atoms in total. The summed E-state index contributed by atoms with van der Waals surface area (Å²) in [7, 11) is 0. The maximum atomic E-state index is 12.1. The van der Waals surface area contributed by atoms with Crippen LogP contribution in [0, 0.1) is 6.92 Å². The summed E-state index contributed by atoms with van der Waals surface area (Å²) < 4.78 is 5.54. The van der Waals surface area contributed by atoms with Crippen LogP contribution >= 0.6 is 0 Å². The zero-order chi connectivity index (χ0) is 21.3. The van der Waals surface area contributed by atoms with Gasteiger partial charge in [0.25, 0.3) is 11.8 Å². The summed E-state index contributed by atoms with van der Waals surface area (Å²) >= 11 is 0. The lowest BCUT2D eigenvalue weighted by molar-refractivity contribution is -0.118. The van der Waals surface area contributed by atoms with Gasteiger partial charge in [0.15, 0.2) is 6.61 Å². The first-order valence-corrected chi connectivity index (χ1v) is 9.36. The van der Waals surface area contributed by atoms with Crippen LogP contribution in [-0.2, 0) is 4.79 Å². The van der Waals surface area contributed by atoms with E-state index >= 15 is 0 Å². The molecule has 0 atom stereocenters. The van der Waals surface area contributed by atoms with Gasteiger partial charge in [0.05, 0.1) is 5.71 Å². The summed E-state index contributed by atoms with van der Waals surface area (Å²) in [5.74, 6) is 0.0219. The number of pyridine rings is 1. The van der Waals surface area contributed by atoms with Crippen LogP contribution < -0.4 is 15.5 Å². The van der Waals surface area contributed by atoms with Gasteiger partial charge in [0.2, 0.25) is 0 Å². The molecule has 7 heteroatoms. The third-order valence-corrected chi connectivity index (χ3v) is 4.33. The fourth-order valence-electron chi connectivity index (χ4n) is 2.61. The van der Waals surface area contributed by atoms with E-state index in [0.29, 0.717) is 17.0 Å². The zero-order valence-electron chi connectivity index (χ0n) is 16.8. The number of hydrogen-bond acceptors (Lipinski definition) is 5. The molecule has 152 valence electrons. The lowest BCUT2D eigenvalue weighted by atomic mass is 10.1. The molecule has 3 aromatic rings. The Bertz CT molecular complexity index is 1050. The number of hydrazone groups is 1. The fraction of sp³-hybridized carbons (Fsp3) is 0.130. The van der Waals surface area contributed by atoms with Gasteiger partial charge in [-0.15, -0.1) is 0 Å². The third kappa shape index (κ3) is 5.75. The molecule has 0 saturated heterocycles. The van der Waals surface area contributed by atoms with E-state index < -0.39 is 0 Å². The molecule has 1 heterocycles. The summed E-state index contributed by atoms with van der Waals surface area (Å²) in [4.78, 5) is 28.0. The van der Waals surface area contributed by atoms with E-state index in [1.54, 1.807) is 43.6 Å². The van der Waals surface area contributed by atoms with Crippen molar-refractivity contribution in [1.82, 2.24) is 10.4 Å². The number of anilines is 1. The quantitative estimate of drug-likeness (QED) is 0.467. The van der Waals surface area contributed by atoms with Crippen LogP contribution in [0.1, 0.15) is 28.4 Å². The molecule has 0 unspecified atom stereocenters. The van der Waals surface area contributed by atoms with Crippen molar-refractivity contribution in [1.29, 1.82) is 0 Å². The van der Waals surface area contributed by atoms with E-state index in [1.807, 2.05) is 43.3 Å². The highest BCUT2D eigenvalue weighted by molar-refractivity contribution is 6.00. The van der Waals surface area contributed by atoms with Crippen LogP contribution in [0.3, 0.4) is 0 Å². The molecule has 3 rings (SSSR count). The molecule has 0 saturated carbocycles. The van der Waals surface area contributed by atoms with Crippen molar-refractivity contribution in [2.24, 2.45) is 5.10 Å². The minimum atomic E-state index is -0.309. The van der Waals surface area contributed by atoms with Crippen LogP contribution in [0.2, 0.25) is 0 Å². The molecular weight excluding hydrogens is 380 g/mol. The summed E-state index contributed by atoms with van der Waals surface area (Å²) in [6.45, 7) is 3.62. The number of aromatic nitrogens is 1. The topological polar surface area (TPSA) is 92.7 Å². The number of benzene rings is 2. The zero-order valence-corrected chi connectivity index (χ0v) is 16.8. The van der Waals surface area contributed by atoms with Gasteiger partial charge in [-0.05, 0) is 67.4 Å². The highest BCUT2D eigenvalue weighted by Crippen LogP contribution is 2.15. The Morgan fingerprint density at radius 1 is 0.967 bits per heavy atom. The van der Waals surface area contributed by atoms with Gasteiger partial charge in [0.1, 0.15) is 5.75 Å². The van der Waals surface area contributed by atoms with Gasteiger partial charge in [-0.3, -0.25) is 14.6 Å². The molecule has 0 fully saturated rings. The smallest absolute Gasteiger partial charge is 0.271 e. The largest absolute Gasteiger partial charge is 0.484 e. The molecule has 1 aromatic heterocycles. The first-order chi connectivity index (χ1) is 14.5. The average molecular weight is 402 g/mol. The van der Waals surface area contributed by atoms with Crippen molar-refractivity contribution >= 4 is 23.2 Å². The SMILES string of the molecule is C/C(=N/NC(=O)c1ccncc1)c1ccc(OCC(=O)Nc2ccccc2C)cc1. The average Bonchev–Trinajstić information content (AvgIpc) is 2.78. The Balaban J connectivity index is 1.52. The first kappa shape index (κ1) is 20.7. The third-order valence-electron chi connectivity index (χ3n) is 4.33. The van der Waals surface area contributed by atoms with Crippen LogP contribution in [-0.4, -0.2) is 29.1 Å². The van der Waals surface area contributed by atoms with Crippen LogP contribution in [0.4, 0.5) is 5.69 Å². The Kier molecular flexibility index (Phi) is 6.89. The minimum absolute atomic E-state index is 0.0945. The second-order valence-corrected chi connectivity index (χ2v) is 6.55. The number of amides is 2. The molecule has 0 bridgehead atoms. The molecule has 2 N–H and O–H groups in total. The Morgan fingerprint density at radius 2 is 1.67 bits per heavy atom. The van der Waals surface area contributed by atoms with Gasteiger partial charge in [-0.25, -0.2) is 5.43 Å². The second-order valence-electron chi connectivity index (χ2n) is 6.55. The van der Waals surface area contributed by atoms with Crippen molar-refractivity contribution in [3.8, 4) is 5.75 Å².